The molecule has 0 bridgehead atoms. The second-order valence-electron chi connectivity index (χ2n) is 4.21. The quantitative estimate of drug-likeness (QED) is 0.775. The Morgan fingerprint density at radius 2 is 2.21 bits per heavy atom. The van der Waals surface area contributed by atoms with E-state index in [2.05, 4.69) is 15.1 Å². The van der Waals surface area contributed by atoms with E-state index in [0.717, 1.165) is 0 Å². The maximum Gasteiger partial charge on any atom is 0.223 e. The van der Waals surface area contributed by atoms with Crippen molar-refractivity contribution in [3.63, 3.8) is 0 Å². The Kier molecular flexibility index (Phi) is 2.66. The van der Waals surface area contributed by atoms with E-state index in [1.807, 2.05) is 0 Å². The number of para-hydroxylation sites is 1. The van der Waals surface area contributed by atoms with Gasteiger partial charge in [-0.2, -0.15) is 4.98 Å². The molecule has 3 rings (SSSR count). The molecule has 0 aliphatic carbocycles. The van der Waals surface area contributed by atoms with Gasteiger partial charge in [0.2, 0.25) is 11.8 Å². The number of nitrogens with two attached hydrogens (primary N) is 1. The third-order valence-electron chi connectivity index (χ3n) is 2.89. The molecule has 2 N–H and O–H groups in total. The van der Waals surface area contributed by atoms with Gasteiger partial charge in [0.1, 0.15) is 5.52 Å². The van der Waals surface area contributed by atoms with E-state index < -0.39 is 0 Å². The van der Waals surface area contributed by atoms with E-state index in [1.54, 1.807) is 23.6 Å². The lowest BCUT2D eigenvalue weighted by Gasteiger charge is -2.03. The largest absolute Gasteiger partial charge is 0.369 e. The third kappa shape index (κ3) is 2.03. The lowest BCUT2D eigenvalue weighted by molar-refractivity contribution is 0.386. The number of rotatable bonds is 3. The molecule has 0 fully saturated rings. The van der Waals surface area contributed by atoms with E-state index in [4.69, 9.17) is 10.3 Å². The van der Waals surface area contributed by atoms with Gasteiger partial charge in [0.25, 0.3) is 0 Å². The second kappa shape index (κ2) is 4.34. The fourth-order valence-electron chi connectivity index (χ4n) is 2.02. The van der Waals surface area contributed by atoms with Gasteiger partial charge in [0.15, 0.2) is 11.6 Å². The van der Waals surface area contributed by atoms with Crippen LogP contribution in [0.4, 0.5) is 10.3 Å². The molecule has 2 aromatic heterocycles. The van der Waals surface area contributed by atoms with Crippen LogP contribution in [-0.2, 0) is 13.0 Å². The first-order valence-electron chi connectivity index (χ1n) is 5.84. The van der Waals surface area contributed by atoms with Crippen molar-refractivity contribution < 1.29 is 8.91 Å². The molecular formula is C12H12FN5O. The molecule has 98 valence electrons. The van der Waals surface area contributed by atoms with Crippen molar-refractivity contribution in [2.75, 3.05) is 5.73 Å². The highest BCUT2D eigenvalue weighted by molar-refractivity contribution is 5.78. The summed E-state index contributed by atoms with van der Waals surface area (Å²) in [5, 5.41) is 3.81. The van der Waals surface area contributed by atoms with Crippen LogP contribution >= 0.6 is 0 Å². The second-order valence-corrected chi connectivity index (χ2v) is 4.21. The van der Waals surface area contributed by atoms with Gasteiger partial charge in [-0.15, -0.1) is 0 Å². The van der Waals surface area contributed by atoms with Crippen LogP contribution in [0.3, 0.4) is 0 Å². The molecular weight excluding hydrogens is 249 g/mol. The van der Waals surface area contributed by atoms with Gasteiger partial charge < -0.3 is 14.8 Å². The summed E-state index contributed by atoms with van der Waals surface area (Å²) in [5.41, 5.74) is 6.76. The van der Waals surface area contributed by atoms with Gasteiger partial charge in [0.05, 0.1) is 5.52 Å². The average molecular weight is 261 g/mol. The van der Waals surface area contributed by atoms with E-state index in [1.165, 1.54) is 6.07 Å². The zero-order valence-corrected chi connectivity index (χ0v) is 10.3. The lowest BCUT2D eigenvalue weighted by Crippen LogP contribution is -2.06. The van der Waals surface area contributed by atoms with Crippen LogP contribution in [0.15, 0.2) is 22.7 Å². The Bertz CT molecular complexity index is 733. The number of hydrogen-bond acceptors (Lipinski definition) is 5. The molecule has 0 amide bonds. The van der Waals surface area contributed by atoms with Crippen LogP contribution in [0.5, 0.6) is 0 Å². The Morgan fingerprint density at radius 3 is 2.95 bits per heavy atom. The molecule has 0 saturated carbocycles. The maximum atomic E-state index is 13.6. The van der Waals surface area contributed by atoms with E-state index in [9.17, 15) is 4.39 Å². The fourth-order valence-corrected chi connectivity index (χ4v) is 2.02. The van der Waals surface area contributed by atoms with Gasteiger partial charge in [-0.25, -0.2) is 9.37 Å². The van der Waals surface area contributed by atoms with Crippen LogP contribution in [0.1, 0.15) is 11.7 Å². The fraction of sp³-hybridized carbons (Fsp3) is 0.250. The molecule has 19 heavy (non-hydrogen) atoms. The molecule has 0 unspecified atom stereocenters. The zero-order valence-electron chi connectivity index (χ0n) is 10.3. The molecule has 0 radical (unpaired) electrons. The molecule has 0 saturated heterocycles. The minimum atomic E-state index is -0.377. The number of aromatic nitrogens is 4. The van der Waals surface area contributed by atoms with Crippen LogP contribution in [0.2, 0.25) is 0 Å². The summed E-state index contributed by atoms with van der Waals surface area (Å²) in [4.78, 5) is 8.14. The van der Waals surface area contributed by atoms with Crippen LogP contribution in [0.25, 0.3) is 11.0 Å². The van der Waals surface area contributed by atoms with Crippen LogP contribution in [0, 0.1) is 12.7 Å². The number of nitrogen functional groups attached to an aromatic ring is 1. The normalized spacial score (nSPS) is 11.3. The maximum absolute atomic E-state index is 13.6. The zero-order chi connectivity index (χ0) is 13.4. The first-order valence-corrected chi connectivity index (χ1v) is 5.84. The van der Waals surface area contributed by atoms with Gasteiger partial charge in [-0.05, 0) is 12.1 Å². The predicted molar refractivity (Wildman–Crippen MR) is 66.8 cm³/mol. The van der Waals surface area contributed by atoms with Gasteiger partial charge in [-0.3, -0.25) is 0 Å². The standard InChI is InChI=1S/C12H12FN5O/c1-7-15-10(17-19-7)5-6-18-9-4-2-3-8(13)11(9)16-12(18)14/h2-4H,5-6H2,1H3,(H2,14,16). The van der Waals surface area contributed by atoms with Crippen molar-refractivity contribution in [1.82, 2.24) is 19.7 Å². The Balaban J connectivity index is 1.92. The van der Waals surface area contributed by atoms with Crippen molar-refractivity contribution >= 4 is 17.0 Å². The number of hydrogen-bond donors (Lipinski definition) is 1. The molecule has 0 atom stereocenters. The smallest absolute Gasteiger partial charge is 0.223 e. The number of fused-ring (bicyclic) bond motifs is 1. The molecule has 1 aromatic carbocycles. The van der Waals surface area contributed by atoms with Gasteiger partial charge >= 0.3 is 0 Å². The molecule has 7 heteroatoms. The SMILES string of the molecule is Cc1nc(CCn2c(N)nc3c(F)cccc32)no1. The minimum absolute atomic E-state index is 0.278. The molecule has 0 aliphatic rings. The van der Waals surface area contributed by atoms with Crippen molar-refractivity contribution in [3.8, 4) is 0 Å². The number of anilines is 1. The summed E-state index contributed by atoms with van der Waals surface area (Å²) in [6, 6.07) is 4.78. The summed E-state index contributed by atoms with van der Waals surface area (Å²) in [6.07, 6.45) is 0.545. The molecule has 0 aliphatic heterocycles. The number of imidazole rings is 1. The third-order valence-corrected chi connectivity index (χ3v) is 2.89. The number of nitrogens with zero attached hydrogens (tertiary/aromatic N) is 4. The first kappa shape index (κ1) is 11.6. The van der Waals surface area contributed by atoms with Crippen molar-refractivity contribution in [3.05, 3.63) is 35.7 Å². The van der Waals surface area contributed by atoms with Gasteiger partial charge in [-0.1, -0.05) is 11.2 Å². The monoisotopic (exact) mass is 261 g/mol. The summed E-state index contributed by atoms with van der Waals surface area (Å²) in [6.45, 7) is 2.25. The van der Waals surface area contributed by atoms with Crippen LogP contribution < -0.4 is 5.73 Å². The highest BCUT2D eigenvalue weighted by atomic mass is 19.1. The predicted octanol–water partition coefficient (Wildman–Crippen LogP) is 1.69. The first-order chi connectivity index (χ1) is 9.15. The molecule has 2 heterocycles. The number of halogens is 1. The summed E-state index contributed by atoms with van der Waals surface area (Å²) >= 11 is 0. The summed E-state index contributed by atoms with van der Waals surface area (Å²) in [7, 11) is 0. The molecule has 0 spiro atoms. The summed E-state index contributed by atoms with van der Waals surface area (Å²) < 4.78 is 20.2. The van der Waals surface area contributed by atoms with Crippen molar-refractivity contribution in [2.24, 2.45) is 0 Å². The van der Waals surface area contributed by atoms with Crippen molar-refractivity contribution in [1.29, 1.82) is 0 Å². The highest BCUT2D eigenvalue weighted by Gasteiger charge is 2.12. The Morgan fingerprint density at radius 1 is 1.37 bits per heavy atom. The minimum Gasteiger partial charge on any atom is -0.369 e. The van der Waals surface area contributed by atoms with Crippen LogP contribution in [-0.4, -0.2) is 19.7 Å². The van der Waals surface area contributed by atoms with E-state index in [0.29, 0.717) is 30.2 Å². The Labute approximate surface area is 108 Å². The lowest BCUT2D eigenvalue weighted by atomic mass is 10.3. The summed E-state index contributed by atoms with van der Waals surface area (Å²) in [5.74, 6) is 1.01. The van der Waals surface area contributed by atoms with E-state index >= 15 is 0 Å². The highest BCUT2D eigenvalue weighted by Crippen LogP contribution is 2.20. The molecule has 6 nitrogen and oxygen atoms in total. The number of benzene rings is 1. The van der Waals surface area contributed by atoms with Gasteiger partial charge in [0, 0.05) is 19.9 Å². The Hall–Kier alpha value is -2.44. The average Bonchev–Trinajstić information content (AvgIpc) is 2.92. The number of aryl methyl sites for hydroxylation is 3. The van der Waals surface area contributed by atoms with E-state index in [-0.39, 0.29) is 17.3 Å². The molecule has 3 aromatic rings. The van der Waals surface area contributed by atoms with Crippen molar-refractivity contribution in [2.45, 2.75) is 19.9 Å². The topological polar surface area (TPSA) is 82.8 Å².